The third kappa shape index (κ3) is 2.86. The fraction of sp³-hybridized carbons (Fsp3) is 0.381. The molecule has 0 saturated carbocycles. The number of rotatable bonds is 3. The number of phenolic OH excluding ortho intramolecular Hbond substituents is 1. The number of hydrogen-bond acceptors (Lipinski definition) is 6. The molecule has 2 saturated heterocycles. The summed E-state index contributed by atoms with van der Waals surface area (Å²) in [6.45, 7) is 0. The van der Waals surface area contributed by atoms with Gasteiger partial charge in [-0.15, -0.1) is 10.2 Å². The van der Waals surface area contributed by atoms with Crippen molar-refractivity contribution >= 4 is 16.7 Å². The smallest absolute Gasteiger partial charge is 0.151 e. The second kappa shape index (κ2) is 6.67. The van der Waals surface area contributed by atoms with Crippen LogP contribution in [0.4, 0.5) is 10.2 Å². The number of hydrogen-bond donors (Lipinski definition) is 2. The summed E-state index contributed by atoms with van der Waals surface area (Å²) < 4.78 is 14.8. The molecule has 0 radical (unpaired) electrons. The van der Waals surface area contributed by atoms with Crippen molar-refractivity contribution in [1.29, 1.82) is 0 Å². The highest BCUT2D eigenvalue weighted by molar-refractivity contribution is 5.87. The molecule has 5 rings (SSSR count). The molecule has 2 aliphatic rings. The average molecular weight is 379 g/mol. The fourth-order valence-electron chi connectivity index (χ4n) is 4.49. The van der Waals surface area contributed by atoms with Gasteiger partial charge in [0.25, 0.3) is 0 Å². The Labute approximate surface area is 162 Å². The van der Waals surface area contributed by atoms with Gasteiger partial charge in [0.1, 0.15) is 11.9 Å². The third-order valence-corrected chi connectivity index (χ3v) is 6.06. The Balaban J connectivity index is 1.42. The van der Waals surface area contributed by atoms with Crippen molar-refractivity contribution in [2.45, 2.75) is 43.6 Å². The molecule has 1 aromatic carbocycles. The molecule has 4 atom stereocenters. The molecule has 4 heterocycles. The van der Waals surface area contributed by atoms with Gasteiger partial charge in [0.05, 0.1) is 17.3 Å². The van der Waals surface area contributed by atoms with Crippen LogP contribution in [0, 0.1) is 0 Å². The number of alkyl halides is 1. The van der Waals surface area contributed by atoms with Gasteiger partial charge >= 0.3 is 0 Å². The van der Waals surface area contributed by atoms with Gasteiger partial charge in [-0.25, -0.2) is 4.39 Å². The molecule has 3 aromatic rings. The minimum absolute atomic E-state index is 0.0541. The molecule has 2 fully saturated rings. The topological polar surface area (TPSA) is 74.2 Å². The highest BCUT2D eigenvalue weighted by Crippen LogP contribution is 2.34. The lowest BCUT2D eigenvalue weighted by Gasteiger charge is -2.38. The first-order valence-corrected chi connectivity index (χ1v) is 9.65. The zero-order chi connectivity index (χ0) is 19.3. The van der Waals surface area contributed by atoms with Gasteiger partial charge in [-0.1, -0.05) is 6.07 Å². The van der Waals surface area contributed by atoms with Crippen molar-refractivity contribution in [3.8, 4) is 17.0 Å². The Morgan fingerprint density at radius 2 is 2.07 bits per heavy atom. The number of piperidine rings is 1. The molecule has 2 aliphatic heterocycles. The minimum Gasteiger partial charge on any atom is -0.507 e. The van der Waals surface area contributed by atoms with Gasteiger partial charge in [0.2, 0.25) is 0 Å². The molecule has 2 aromatic heterocycles. The molecule has 0 amide bonds. The molecule has 28 heavy (non-hydrogen) atoms. The summed E-state index contributed by atoms with van der Waals surface area (Å²) in [5, 5.41) is 23.3. The van der Waals surface area contributed by atoms with E-state index in [0.29, 0.717) is 23.1 Å². The van der Waals surface area contributed by atoms with Crippen LogP contribution in [0.2, 0.25) is 0 Å². The molecule has 0 spiro atoms. The number of phenols is 1. The van der Waals surface area contributed by atoms with Gasteiger partial charge in [-0.05, 0) is 43.5 Å². The van der Waals surface area contributed by atoms with E-state index in [1.807, 2.05) is 42.3 Å². The minimum atomic E-state index is -0.915. The normalized spacial score (nSPS) is 26.5. The first kappa shape index (κ1) is 17.3. The number of nitrogens with one attached hydrogen (secondary N) is 1. The third-order valence-electron chi connectivity index (χ3n) is 6.06. The van der Waals surface area contributed by atoms with Crippen molar-refractivity contribution < 1.29 is 9.50 Å². The molecule has 6 nitrogen and oxygen atoms in total. The van der Waals surface area contributed by atoms with E-state index >= 15 is 0 Å². The summed E-state index contributed by atoms with van der Waals surface area (Å²) >= 11 is 0. The Morgan fingerprint density at radius 1 is 1.18 bits per heavy atom. The molecular formula is C21H22FN5O. The maximum absolute atomic E-state index is 14.8. The van der Waals surface area contributed by atoms with Crippen LogP contribution in [-0.4, -0.2) is 51.6 Å². The Morgan fingerprint density at radius 3 is 2.89 bits per heavy atom. The predicted molar refractivity (Wildman–Crippen MR) is 106 cm³/mol. The summed E-state index contributed by atoms with van der Waals surface area (Å²) in [7, 11) is 1.88. The first-order valence-electron chi connectivity index (χ1n) is 9.65. The lowest BCUT2D eigenvalue weighted by Crippen LogP contribution is -2.55. The number of halogens is 1. The number of nitrogens with zero attached hydrogens (tertiary/aromatic N) is 4. The van der Waals surface area contributed by atoms with Crippen molar-refractivity contribution in [2.75, 3.05) is 11.9 Å². The van der Waals surface area contributed by atoms with E-state index in [1.165, 1.54) is 0 Å². The first-order chi connectivity index (χ1) is 13.6. The predicted octanol–water partition coefficient (Wildman–Crippen LogP) is 3.06. The van der Waals surface area contributed by atoms with Crippen LogP contribution in [0.5, 0.6) is 5.75 Å². The van der Waals surface area contributed by atoms with Gasteiger partial charge in [0, 0.05) is 42.3 Å². The van der Waals surface area contributed by atoms with E-state index in [-0.39, 0.29) is 17.8 Å². The van der Waals surface area contributed by atoms with Crippen molar-refractivity contribution in [2.24, 2.45) is 0 Å². The summed E-state index contributed by atoms with van der Waals surface area (Å²) in [5.41, 5.74) is 1.90. The lowest BCUT2D eigenvalue weighted by molar-refractivity contribution is 0.176. The van der Waals surface area contributed by atoms with Crippen molar-refractivity contribution in [1.82, 2.24) is 20.5 Å². The maximum Gasteiger partial charge on any atom is 0.151 e. The quantitative estimate of drug-likeness (QED) is 0.729. The largest absolute Gasteiger partial charge is 0.507 e. The average Bonchev–Trinajstić information content (AvgIpc) is 3.13. The van der Waals surface area contributed by atoms with E-state index in [9.17, 15) is 9.50 Å². The Kier molecular flexibility index (Phi) is 4.12. The van der Waals surface area contributed by atoms with Crippen molar-refractivity contribution in [3.63, 3.8) is 0 Å². The molecular weight excluding hydrogens is 357 g/mol. The monoisotopic (exact) mass is 379 g/mol. The van der Waals surface area contributed by atoms with E-state index < -0.39 is 6.17 Å². The van der Waals surface area contributed by atoms with Crippen LogP contribution in [-0.2, 0) is 0 Å². The standard InChI is InChI=1S/C21H22FN5O/c1-27(18-10-13-4-5-16(24-13)21(18)22)20-7-6-15(25-26-20)14-9-12-3-2-8-23-17(12)11-19(14)28/h2-3,6-9,11,13,16,18,21,24,28H,4-5,10H2,1H3/t13-,16+,18-,21+/m1/s1. The Bertz CT molecular complexity index is 1010. The van der Waals surface area contributed by atoms with Crippen molar-refractivity contribution in [3.05, 3.63) is 42.6 Å². The second-order valence-electron chi connectivity index (χ2n) is 7.75. The molecule has 7 heteroatoms. The number of aromatic hydroxyl groups is 1. The summed E-state index contributed by atoms with van der Waals surface area (Å²) in [4.78, 5) is 6.15. The highest BCUT2D eigenvalue weighted by Gasteiger charge is 2.43. The summed E-state index contributed by atoms with van der Waals surface area (Å²) in [6, 6.07) is 11.1. The van der Waals surface area contributed by atoms with E-state index in [0.717, 1.165) is 30.2 Å². The number of aromatic nitrogens is 3. The van der Waals surface area contributed by atoms with Gasteiger partial charge in [-0.2, -0.15) is 0 Å². The fourth-order valence-corrected chi connectivity index (χ4v) is 4.49. The van der Waals surface area contributed by atoms with Crippen LogP contribution in [0.1, 0.15) is 19.3 Å². The zero-order valence-electron chi connectivity index (χ0n) is 15.6. The molecule has 2 N–H and O–H groups in total. The molecule has 2 bridgehead atoms. The van der Waals surface area contributed by atoms with E-state index in [2.05, 4.69) is 20.5 Å². The lowest BCUT2D eigenvalue weighted by atomic mass is 9.96. The van der Waals surface area contributed by atoms with Crippen LogP contribution < -0.4 is 10.2 Å². The second-order valence-corrected chi connectivity index (χ2v) is 7.75. The van der Waals surface area contributed by atoms with E-state index in [1.54, 1.807) is 12.3 Å². The van der Waals surface area contributed by atoms with Gasteiger partial charge in [0.15, 0.2) is 5.82 Å². The maximum atomic E-state index is 14.8. The zero-order valence-corrected chi connectivity index (χ0v) is 15.6. The number of pyridine rings is 1. The molecule has 0 aliphatic carbocycles. The van der Waals surface area contributed by atoms with Crippen LogP contribution in [0.3, 0.4) is 0 Å². The number of fused-ring (bicyclic) bond motifs is 3. The SMILES string of the molecule is CN(c1ccc(-c2cc3cccnc3cc2O)nn1)[C@@H]1C[C@H]2CC[C@H](N2)[C@@H]1F. The number of benzene rings is 1. The molecule has 0 unspecified atom stereocenters. The van der Waals surface area contributed by atoms with Crippen LogP contribution >= 0.6 is 0 Å². The summed E-state index contributed by atoms with van der Waals surface area (Å²) in [6.07, 6.45) is 3.49. The van der Waals surface area contributed by atoms with Gasteiger partial charge in [-0.3, -0.25) is 4.98 Å². The molecule has 144 valence electrons. The van der Waals surface area contributed by atoms with Crippen LogP contribution in [0.25, 0.3) is 22.2 Å². The van der Waals surface area contributed by atoms with Gasteiger partial charge < -0.3 is 15.3 Å². The Hall–Kier alpha value is -2.80. The summed E-state index contributed by atoms with van der Waals surface area (Å²) in [5.74, 6) is 0.750. The number of anilines is 1. The van der Waals surface area contributed by atoms with Crippen LogP contribution in [0.15, 0.2) is 42.6 Å². The highest BCUT2D eigenvalue weighted by atomic mass is 19.1. The van der Waals surface area contributed by atoms with E-state index in [4.69, 9.17) is 0 Å².